The molecule has 0 unspecified atom stereocenters. The third-order valence-corrected chi connectivity index (χ3v) is 4.68. The Balaban J connectivity index is 1.72. The average molecular weight is 337 g/mol. The van der Waals surface area contributed by atoms with Crippen molar-refractivity contribution in [2.45, 2.75) is 19.5 Å². The van der Waals surface area contributed by atoms with Crippen molar-refractivity contribution in [2.75, 3.05) is 5.32 Å². The van der Waals surface area contributed by atoms with Crippen molar-refractivity contribution in [3.63, 3.8) is 0 Å². The number of allylic oxidation sites excluding steroid dienone is 2. The predicted molar refractivity (Wildman–Crippen MR) is 81.7 cm³/mol. The van der Waals surface area contributed by atoms with Crippen molar-refractivity contribution >= 4 is 17.6 Å². The summed E-state index contributed by atoms with van der Waals surface area (Å²) in [7, 11) is 0. The molecular formula is C17H17F2NO4. The number of aliphatic carboxylic acids is 1. The van der Waals surface area contributed by atoms with E-state index in [-0.39, 0.29) is 23.5 Å². The number of carbonyl (C=O) groups is 2. The lowest BCUT2D eigenvalue weighted by molar-refractivity contribution is -0.151. The normalized spacial score (nSPS) is 28.0. The van der Waals surface area contributed by atoms with E-state index in [0.717, 1.165) is 12.8 Å². The van der Waals surface area contributed by atoms with Gasteiger partial charge in [0.15, 0.2) is 0 Å². The Kier molecular flexibility index (Phi) is 4.51. The molecule has 5 nitrogen and oxygen atoms in total. The maximum absolute atomic E-state index is 12.6. The van der Waals surface area contributed by atoms with Crippen LogP contribution in [-0.2, 0) is 9.59 Å². The lowest BCUT2D eigenvalue weighted by Crippen LogP contribution is -2.47. The number of hydrogen-bond acceptors (Lipinski definition) is 3. The van der Waals surface area contributed by atoms with Crippen LogP contribution in [0.2, 0.25) is 0 Å². The molecule has 0 aromatic heterocycles. The Morgan fingerprint density at radius 1 is 1.08 bits per heavy atom. The van der Waals surface area contributed by atoms with Gasteiger partial charge in [0.1, 0.15) is 5.75 Å². The number of carboxylic acids is 1. The minimum atomic E-state index is -2.91. The van der Waals surface area contributed by atoms with Gasteiger partial charge in [0.05, 0.1) is 11.8 Å². The first-order valence-electron chi connectivity index (χ1n) is 7.72. The maximum Gasteiger partial charge on any atom is 0.387 e. The van der Waals surface area contributed by atoms with Crippen LogP contribution >= 0.6 is 0 Å². The van der Waals surface area contributed by atoms with Gasteiger partial charge in [-0.1, -0.05) is 12.2 Å². The lowest BCUT2D eigenvalue weighted by atomic mass is 9.62. The van der Waals surface area contributed by atoms with Crippen LogP contribution in [0.5, 0.6) is 5.75 Å². The van der Waals surface area contributed by atoms with Crippen molar-refractivity contribution in [1.82, 2.24) is 0 Å². The van der Waals surface area contributed by atoms with Gasteiger partial charge in [0.25, 0.3) is 0 Å². The van der Waals surface area contributed by atoms with E-state index in [1.165, 1.54) is 24.3 Å². The Bertz CT molecular complexity index is 659. The molecule has 4 rings (SSSR count). The second kappa shape index (κ2) is 6.59. The van der Waals surface area contributed by atoms with Crippen molar-refractivity contribution < 1.29 is 28.2 Å². The van der Waals surface area contributed by atoms with E-state index in [2.05, 4.69) is 10.1 Å². The van der Waals surface area contributed by atoms with Crippen molar-refractivity contribution in [2.24, 2.45) is 23.7 Å². The molecule has 0 spiro atoms. The molecule has 1 aromatic carbocycles. The van der Waals surface area contributed by atoms with Crippen LogP contribution in [0.3, 0.4) is 0 Å². The highest BCUT2D eigenvalue weighted by molar-refractivity contribution is 5.96. The number of hydrogen-bond donors (Lipinski definition) is 2. The summed E-state index contributed by atoms with van der Waals surface area (Å²) in [6, 6.07) is 5.54. The highest BCUT2D eigenvalue weighted by atomic mass is 19.3. The van der Waals surface area contributed by atoms with Gasteiger partial charge in [0, 0.05) is 5.69 Å². The van der Waals surface area contributed by atoms with Gasteiger partial charge in [-0.25, -0.2) is 0 Å². The average Bonchev–Trinajstić information content (AvgIpc) is 2.56. The van der Waals surface area contributed by atoms with E-state index in [9.17, 15) is 23.5 Å². The summed E-state index contributed by atoms with van der Waals surface area (Å²) >= 11 is 0. The number of fused-ring (bicyclic) bond motifs is 2. The minimum Gasteiger partial charge on any atom is -0.481 e. The monoisotopic (exact) mass is 337 g/mol. The molecule has 3 aliphatic carbocycles. The summed E-state index contributed by atoms with van der Waals surface area (Å²) in [6.07, 6.45) is 5.40. The summed E-state index contributed by atoms with van der Waals surface area (Å²) < 4.78 is 28.5. The first kappa shape index (κ1) is 16.4. The van der Waals surface area contributed by atoms with E-state index < -0.39 is 24.4 Å². The van der Waals surface area contributed by atoms with E-state index in [0.29, 0.717) is 5.69 Å². The summed E-state index contributed by atoms with van der Waals surface area (Å²) in [4.78, 5) is 24.1. The van der Waals surface area contributed by atoms with Gasteiger partial charge in [-0.2, -0.15) is 8.78 Å². The zero-order chi connectivity index (χ0) is 17.3. The summed E-state index contributed by atoms with van der Waals surface area (Å²) in [5.74, 6) is -2.88. The molecule has 0 saturated heterocycles. The number of anilines is 1. The molecule has 0 heterocycles. The largest absolute Gasteiger partial charge is 0.481 e. The van der Waals surface area contributed by atoms with Gasteiger partial charge in [-0.05, 0) is 48.9 Å². The van der Waals surface area contributed by atoms with Gasteiger partial charge >= 0.3 is 12.6 Å². The second-order valence-electron chi connectivity index (χ2n) is 6.07. The molecule has 128 valence electrons. The summed E-state index contributed by atoms with van der Waals surface area (Å²) in [5, 5.41) is 12.1. The molecule has 2 N–H and O–H groups in total. The fraction of sp³-hybridized carbons (Fsp3) is 0.412. The number of rotatable bonds is 5. The Labute approximate surface area is 137 Å². The Hall–Kier alpha value is -2.44. The number of amides is 1. The Morgan fingerprint density at radius 3 is 2.17 bits per heavy atom. The third-order valence-electron chi connectivity index (χ3n) is 4.68. The Morgan fingerprint density at radius 2 is 1.67 bits per heavy atom. The number of nitrogens with one attached hydrogen (secondary N) is 1. The van der Waals surface area contributed by atoms with Crippen LogP contribution in [0, 0.1) is 23.7 Å². The molecule has 1 amide bonds. The standard InChI is InChI=1S/C17H17F2NO4/c18-17(19)24-12-7-5-11(6-8-12)20-15(21)13-9-1-3-10(4-2-9)14(13)16(22)23/h1,3,5-10,13-14,17H,2,4H2,(H,20,21)(H,22,23)/t9-,10+,13+,14+/m1/s1. The van der Waals surface area contributed by atoms with Crippen LogP contribution in [0.25, 0.3) is 0 Å². The van der Waals surface area contributed by atoms with E-state index >= 15 is 0 Å². The number of carboxylic acid groups (broad SMARTS) is 1. The zero-order valence-electron chi connectivity index (χ0n) is 12.7. The molecule has 4 atom stereocenters. The first-order chi connectivity index (χ1) is 11.5. The predicted octanol–water partition coefficient (Wildman–Crippen LogP) is 3.14. The van der Waals surface area contributed by atoms with Crippen molar-refractivity contribution in [1.29, 1.82) is 0 Å². The summed E-state index contributed by atoms with van der Waals surface area (Å²) in [6.45, 7) is -2.91. The van der Waals surface area contributed by atoms with Gasteiger partial charge in [-0.3, -0.25) is 9.59 Å². The molecule has 24 heavy (non-hydrogen) atoms. The van der Waals surface area contributed by atoms with Crippen LogP contribution in [0.1, 0.15) is 12.8 Å². The molecule has 0 radical (unpaired) electrons. The first-order valence-corrected chi connectivity index (χ1v) is 7.72. The third kappa shape index (κ3) is 3.25. The van der Waals surface area contributed by atoms with Crippen molar-refractivity contribution in [3.05, 3.63) is 36.4 Å². The topological polar surface area (TPSA) is 75.6 Å². The van der Waals surface area contributed by atoms with Crippen LogP contribution in [0.15, 0.2) is 36.4 Å². The fourth-order valence-corrected chi connectivity index (χ4v) is 3.63. The molecule has 1 fully saturated rings. The SMILES string of the molecule is O=C(Nc1ccc(OC(F)F)cc1)[C@@H]1[C@@H](C(=O)O)[C@H]2C=C[C@@H]1CC2. The minimum absolute atomic E-state index is 0.00827. The molecule has 1 aromatic rings. The van der Waals surface area contributed by atoms with Crippen LogP contribution < -0.4 is 10.1 Å². The molecule has 3 aliphatic rings. The second-order valence-corrected chi connectivity index (χ2v) is 6.07. The maximum atomic E-state index is 12.6. The van der Waals surface area contributed by atoms with E-state index in [4.69, 9.17) is 0 Å². The zero-order valence-corrected chi connectivity index (χ0v) is 12.7. The number of benzene rings is 1. The van der Waals surface area contributed by atoms with E-state index in [1.807, 2.05) is 12.2 Å². The highest BCUT2D eigenvalue weighted by Crippen LogP contribution is 2.45. The van der Waals surface area contributed by atoms with Crippen LogP contribution in [0.4, 0.5) is 14.5 Å². The smallest absolute Gasteiger partial charge is 0.387 e. The number of carbonyl (C=O) groups excluding carboxylic acids is 1. The fourth-order valence-electron chi connectivity index (χ4n) is 3.63. The quantitative estimate of drug-likeness (QED) is 0.810. The molecule has 2 bridgehead atoms. The molecule has 0 aliphatic heterocycles. The lowest BCUT2D eigenvalue weighted by Gasteiger charge is -2.41. The van der Waals surface area contributed by atoms with Gasteiger partial charge < -0.3 is 15.2 Å². The number of alkyl halides is 2. The molecular weight excluding hydrogens is 320 g/mol. The molecule has 1 saturated carbocycles. The van der Waals surface area contributed by atoms with E-state index in [1.54, 1.807) is 0 Å². The van der Waals surface area contributed by atoms with Crippen molar-refractivity contribution in [3.8, 4) is 5.75 Å². The summed E-state index contributed by atoms with van der Waals surface area (Å²) in [5.41, 5.74) is 0.413. The number of halogens is 2. The van der Waals surface area contributed by atoms with Gasteiger partial charge in [0.2, 0.25) is 5.91 Å². The molecule has 7 heteroatoms. The number of ether oxygens (including phenoxy) is 1. The highest BCUT2D eigenvalue weighted by Gasteiger charge is 2.48. The van der Waals surface area contributed by atoms with Crippen LogP contribution in [-0.4, -0.2) is 23.6 Å². The van der Waals surface area contributed by atoms with Gasteiger partial charge in [-0.15, -0.1) is 0 Å².